The monoisotopic (exact) mass is 935 g/mol. The molecule has 3 unspecified atom stereocenters. The number of methoxy groups -OCH3 is 2. The minimum atomic E-state index is -0.779. The Morgan fingerprint density at radius 3 is 1.94 bits per heavy atom. The van der Waals surface area contributed by atoms with Gasteiger partial charge in [-0.25, -0.2) is 23.9 Å². The van der Waals surface area contributed by atoms with Gasteiger partial charge in [-0.15, -0.1) is 10.2 Å². The second kappa shape index (κ2) is 18.5. The summed E-state index contributed by atoms with van der Waals surface area (Å²) in [7, 11) is 2.53. The summed E-state index contributed by atoms with van der Waals surface area (Å²) in [6, 6.07) is 8.96. The number of carbonyl (C=O) groups excluding carboxylic acids is 4. The van der Waals surface area contributed by atoms with Crippen LogP contribution in [0.15, 0.2) is 48.8 Å². The van der Waals surface area contributed by atoms with Gasteiger partial charge in [-0.3, -0.25) is 14.2 Å². The lowest BCUT2D eigenvalue weighted by Gasteiger charge is -2.30. The largest absolute Gasteiger partial charge is 0.462 e. The van der Waals surface area contributed by atoms with Crippen molar-refractivity contribution in [3.8, 4) is 39.5 Å². The number of nitrogens with one attached hydrogen (secondary N) is 4. The van der Waals surface area contributed by atoms with Crippen molar-refractivity contribution >= 4 is 46.2 Å². The molecular formula is C47H54FN11O7S. The third-order valence-corrected chi connectivity index (χ3v) is 14.0. The standard InChI is InChI=1S/C47H54FN11O7S/c1-8-36-55-56-42(67-36)45-59-31-14-13-25(29-21-49-40(51-29)32-11-9-15-57(32)43(60)38(23(2)3)53-46(62)64-6)17-27(31)19-34(59)37-28(48)18-26(20-35(37)66-45)30-22-50-41(52-30)33-12-10-16-58(33)44(61)39(24(4)5)54-47(63)65-7/h13-14,17-24,32-33,38-39,45H,8-12,15-16H2,1-7H3,(H,49,51)(H,50,52)(H,53,62)(H,54,63)/t32-,33-,38?,39?,45?/m0/s1. The number of hydrogen-bond donors (Lipinski definition) is 4. The number of rotatable bonds is 12. The number of fused-ring (bicyclic) bond motifs is 5. The molecule has 2 saturated heterocycles. The molecule has 0 spiro atoms. The van der Waals surface area contributed by atoms with Crippen molar-refractivity contribution in [2.75, 3.05) is 27.3 Å². The van der Waals surface area contributed by atoms with Crippen molar-refractivity contribution in [2.45, 2.75) is 97.1 Å². The summed E-state index contributed by atoms with van der Waals surface area (Å²) in [6.07, 6.45) is 4.90. The number of aryl methyl sites for hydroxylation is 1. The van der Waals surface area contributed by atoms with E-state index in [4.69, 9.17) is 19.2 Å². The quantitative estimate of drug-likeness (QED) is 0.0934. The van der Waals surface area contributed by atoms with Crippen LogP contribution in [0.3, 0.4) is 0 Å². The minimum absolute atomic E-state index is 0.158. The number of carbonyl (C=O) groups is 4. The van der Waals surface area contributed by atoms with E-state index in [1.807, 2.05) is 63.5 Å². The first kappa shape index (κ1) is 45.3. The fourth-order valence-corrected chi connectivity index (χ4v) is 10.3. The Hall–Kier alpha value is -6.83. The molecule has 3 aliphatic heterocycles. The van der Waals surface area contributed by atoms with Crippen LogP contribution in [-0.2, 0) is 25.5 Å². The van der Waals surface area contributed by atoms with E-state index < -0.39 is 36.3 Å². The number of nitrogens with zero attached hydrogens (tertiary/aromatic N) is 7. The molecule has 2 fully saturated rings. The number of ether oxygens (including phenoxy) is 3. The predicted octanol–water partition coefficient (Wildman–Crippen LogP) is 7.67. The molecule has 18 nitrogen and oxygen atoms in total. The maximum absolute atomic E-state index is 16.8. The summed E-state index contributed by atoms with van der Waals surface area (Å²) in [5.41, 5.74) is 4.33. The summed E-state index contributed by atoms with van der Waals surface area (Å²) < 4.78 is 35.1. The number of imidazole rings is 2. The van der Waals surface area contributed by atoms with Crippen molar-refractivity contribution in [3.63, 3.8) is 0 Å². The van der Waals surface area contributed by atoms with Crippen molar-refractivity contribution in [1.82, 2.24) is 55.1 Å². The molecule has 0 aliphatic carbocycles. The van der Waals surface area contributed by atoms with E-state index in [2.05, 4.69) is 35.8 Å². The average molecular weight is 936 g/mol. The van der Waals surface area contributed by atoms with Crippen LogP contribution in [0.5, 0.6) is 5.75 Å². The molecule has 4 amide bonds. The molecular weight excluding hydrogens is 882 g/mol. The second-order valence-corrected chi connectivity index (χ2v) is 18.9. The van der Waals surface area contributed by atoms with E-state index in [0.29, 0.717) is 77.3 Å². The van der Waals surface area contributed by atoms with Gasteiger partial charge < -0.3 is 44.6 Å². The molecule has 5 atom stereocenters. The van der Waals surface area contributed by atoms with Crippen LogP contribution in [-0.4, -0.2) is 108 Å². The maximum Gasteiger partial charge on any atom is 0.407 e. The highest BCUT2D eigenvalue weighted by Gasteiger charge is 2.40. The van der Waals surface area contributed by atoms with Gasteiger partial charge in [0.25, 0.3) is 0 Å². The molecule has 0 radical (unpaired) electrons. The second-order valence-electron chi connectivity index (χ2n) is 17.8. The van der Waals surface area contributed by atoms with Gasteiger partial charge >= 0.3 is 12.2 Å². The molecule has 7 heterocycles. The Labute approximate surface area is 390 Å². The summed E-state index contributed by atoms with van der Waals surface area (Å²) in [5.74, 6) is 0.267. The third-order valence-electron chi connectivity index (χ3n) is 12.9. The summed E-state index contributed by atoms with van der Waals surface area (Å²) in [6.45, 7) is 10.5. The number of benzene rings is 2. The highest BCUT2D eigenvalue weighted by Crippen LogP contribution is 2.48. The number of aromatic amines is 2. The molecule has 6 aromatic rings. The van der Waals surface area contributed by atoms with Crippen molar-refractivity contribution in [2.24, 2.45) is 11.8 Å². The Balaban J connectivity index is 1.03. The summed E-state index contributed by atoms with van der Waals surface area (Å²) in [4.78, 5) is 71.5. The fraction of sp³-hybridized carbons (Fsp3) is 0.447. The Morgan fingerprint density at radius 2 is 1.40 bits per heavy atom. The van der Waals surface area contributed by atoms with Gasteiger partial charge in [-0.2, -0.15) is 0 Å². The van der Waals surface area contributed by atoms with Gasteiger partial charge in [0.1, 0.15) is 40.3 Å². The molecule has 67 heavy (non-hydrogen) atoms. The van der Waals surface area contributed by atoms with Crippen LogP contribution in [0.1, 0.15) is 100 Å². The molecule has 20 heteroatoms. The predicted molar refractivity (Wildman–Crippen MR) is 246 cm³/mol. The molecule has 2 aromatic carbocycles. The zero-order chi connectivity index (χ0) is 47.3. The fourth-order valence-electron chi connectivity index (χ4n) is 9.46. The molecule has 9 rings (SSSR count). The van der Waals surface area contributed by atoms with E-state index >= 15 is 4.39 Å². The van der Waals surface area contributed by atoms with Crippen LogP contribution in [0.25, 0.3) is 44.7 Å². The van der Waals surface area contributed by atoms with Crippen LogP contribution in [0, 0.1) is 17.7 Å². The number of aromatic nitrogens is 7. The molecule has 0 saturated carbocycles. The number of amides is 4. The van der Waals surface area contributed by atoms with E-state index in [-0.39, 0.29) is 35.7 Å². The van der Waals surface area contributed by atoms with Crippen LogP contribution in [0.4, 0.5) is 14.0 Å². The normalized spacial score (nSPS) is 18.7. The van der Waals surface area contributed by atoms with Crippen LogP contribution in [0.2, 0.25) is 0 Å². The minimum Gasteiger partial charge on any atom is -0.462 e. The first-order valence-electron chi connectivity index (χ1n) is 22.7. The molecule has 0 bridgehead atoms. The Bertz CT molecular complexity index is 2850. The molecule has 4 aromatic heterocycles. The number of alkyl carbamates (subject to hydrolysis) is 2. The lowest BCUT2D eigenvalue weighted by atomic mass is 10.0. The number of likely N-dealkylation sites (tertiary alicyclic amines) is 2. The van der Waals surface area contributed by atoms with Gasteiger partial charge in [0.15, 0.2) is 5.01 Å². The number of halogens is 1. The zero-order valence-electron chi connectivity index (χ0n) is 38.4. The van der Waals surface area contributed by atoms with Gasteiger partial charge in [0.05, 0.1) is 66.9 Å². The highest BCUT2D eigenvalue weighted by atomic mass is 32.1. The molecule has 4 N–H and O–H groups in total. The third kappa shape index (κ3) is 8.46. The Morgan fingerprint density at radius 1 is 0.821 bits per heavy atom. The van der Waals surface area contributed by atoms with Gasteiger partial charge in [0, 0.05) is 29.6 Å². The highest BCUT2D eigenvalue weighted by molar-refractivity contribution is 7.11. The SMILES string of the molecule is CCc1nnc(C2Oc3cc(-c4cnc([C@@H]5CCCN5C(=O)C(NC(=O)OC)C(C)C)[nH]4)cc(F)c3-c3cc4cc(-c5cnc([C@@H]6CCCN6C(=O)C(NC(=O)OC)C(C)C)[nH]5)ccc4n32)s1. The average Bonchev–Trinajstić information content (AvgIpc) is 4.18. The van der Waals surface area contributed by atoms with E-state index in [1.54, 1.807) is 28.3 Å². The number of H-pyrrole nitrogens is 2. The molecule has 352 valence electrons. The summed E-state index contributed by atoms with van der Waals surface area (Å²) in [5, 5.41) is 16.6. The number of hydrogen-bond acceptors (Lipinski definition) is 12. The topological polar surface area (TPSA) is 215 Å². The van der Waals surface area contributed by atoms with Crippen LogP contribution < -0.4 is 15.4 Å². The Kier molecular flexibility index (Phi) is 12.5. The maximum atomic E-state index is 16.8. The lowest BCUT2D eigenvalue weighted by molar-refractivity contribution is -0.136. The van der Waals surface area contributed by atoms with E-state index in [9.17, 15) is 19.2 Å². The zero-order valence-corrected chi connectivity index (χ0v) is 39.2. The van der Waals surface area contributed by atoms with Gasteiger partial charge in [-0.1, -0.05) is 52.0 Å². The van der Waals surface area contributed by atoms with Crippen molar-refractivity contribution in [3.05, 3.63) is 76.3 Å². The smallest absolute Gasteiger partial charge is 0.407 e. The van der Waals surface area contributed by atoms with E-state index in [1.165, 1.54) is 31.6 Å². The molecule has 3 aliphatic rings. The first-order valence-corrected chi connectivity index (χ1v) is 23.5. The van der Waals surface area contributed by atoms with Gasteiger partial charge in [-0.05, 0) is 74.3 Å². The summed E-state index contributed by atoms with van der Waals surface area (Å²) >= 11 is 1.44. The lowest BCUT2D eigenvalue weighted by Crippen LogP contribution is -2.51. The first-order chi connectivity index (χ1) is 32.3. The van der Waals surface area contributed by atoms with Gasteiger partial charge in [0.2, 0.25) is 18.0 Å². The van der Waals surface area contributed by atoms with E-state index in [0.717, 1.165) is 40.0 Å². The van der Waals surface area contributed by atoms with Crippen molar-refractivity contribution in [1.29, 1.82) is 0 Å². The van der Waals surface area contributed by atoms with Crippen LogP contribution >= 0.6 is 11.3 Å². The van der Waals surface area contributed by atoms with Crippen molar-refractivity contribution < 1.29 is 37.8 Å².